The summed E-state index contributed by atoms with van der Waals surface area (Å²) in [5, 5.41) is 10.9. The van der Waals surface area contributed by atoms with Crippen LogP contribution in [0.5, 0.6) is 0 Å². The lowest BCUT2D eigenvalue weighted by atomic mass is 9.77. The molecule has 1 saturated carbocycles. The maximum Gasteiger partial charge on any atom is 0.273 e. The van der Waals surface area contributed by atoms with E-state index >= 15 is 0 Å². The smallest absolute Gasteiger partial charge is 0.273 e. The molecule has 4 heteroatoms. The zero-order chi connectivity index (χ0) is 12.4. The van der Waals surface area contributed by atoms with Crippen molar-refractivity contribution >= 4 is 11.5 Å². The quantitative estimate of drug-likeness (QED) is 0.582. The van der Waals surface area contributed by atoms with Crippen molar-refractivity contribution in [3.8, 4) is 0 Å². The maximum atomic E-state index is 11.9. The highest BCUT2D eigenvalue weighted by Crippen LogP contribution is 2.37. The van der Waals surface area contributed by atoms with Crippen LogP contribution in [-0.4, -0.2) is 10.7 Å². The first-order chi connectivity index (χ1) is 8.09. The normalized spacial score (nSPS) is 24.6. The van der Waals surface area contributed by atoms with Crippen molar-refractivity contribution < 1.29 is 9.72 Å². The van der Waals surface area contributed by atoms with Crippen molar-refractivity contribution in [2.24, 2.45) is 5.92 Å². The van der Waals surface area contributed by atoms with Crippen molar-refractivity contribution in [1.82, 2.24) is 0 Å². The maximum absolute atomic E-state index is 11.9. The van der Waals surface area contributed by atoms with E-state index in [-0.39, 0.29) is 17.4 Å². The van der Waals surface area contributed by atoms with Gasteiger partial charge in [-0.2, -0.15) is 0 Å². The number of nitro benzene ring substituents is 1. The lowest BCUT2D eigenvalue weighted by molar-refractivity contribution is -0.385. The Hall–Kier alpha value is -1.71. The van der Waals surface area contributed by atoms with Crippen molar-refractivity contribution in [3.05, 3.63) is 39.9 Å². The predicted molar refractivity (Wildman–Crippen MR) is 63.9 cm³/mol. The minimum absolute atomic E-state index is 0.0694. The van der Waals surface area contributed by atoms with Crippen molar-refractivity contribution in [1.29, 1.82) is 0 Å². The fourth-order valence-corrected chi connectivity index (χ4v) is 2.46. The highest BCUT2D eigenvalue weighted by molar-refractivity contribution is 5.87. The summed E-state index contributed by atoms with van der Waals surface area (Å²) in [5.74, 6) is 0.301. The van der Waals surface area contributed by atoms with Gasteiger partial charge in [0.2, 0.25) is 0 Å². The SMILES string of the molecule is CC1CCC(=O)C(c2ccccc2[N+](=O)[O-])C1. The third-order valence-corrected chi connectivity index (χ3v) is 3.42. The zero-order valence-corrected chi connectivity index (χ0v) is 9.76. The Morgan fingerprint density at radius 2 is 2.06 bits per heavy atom. The second-order valence-corrected chi connectivity index (χ2v) is 4.71. The molecule has 0 aromatic heterocycles. The lowest BCUT2D eigenvalue weighted by Crippen LogP contribution is -2.22. The molecule has 0 N–H and O–H groups in total. The van der Waals surface area contributed by atoms with Gasteiger partial charge < -0.3 is 0 Å². The topological polar surface area (TPSA) is 60.2 Å². The fraction of sp³-hybridized carbons (Fsp3) is 0.462. The van der Waals surface area contributed by atoms with Crippen LogP contribution < -0.4 is 0 Å². The van der Waals surface area contributed by atoms with Gasteiger partial charge in [0.25, 0.3) is 5.69 Å². The summed E-state index contributed by atoms with van der Waals surface area (Å²) in [6.07, 6.45) is 2.16. The van der Waals surface area contributed by atoms with E-state index in [2.05, 4.69) is 6.92 Å². The first kappa shape index (κ1) is 11.8. The standard InChI is InChI=1S/C13H15NO3/c1-9-6-7-13(15)11(8-9)10-4-2-3-5-12(10)14(16)17/h2-5,9,11H,6-8H2,1H3. The Kier molecular flexibility index (Phi) is 3.22. The molecular formula is C13H15NO3. The number of benzene rings is 1. The number of ketones is 1. The van der Waals surface area contributed by atoms with Gasteiger partial charge in [-0.3, -0.25) is 14.9 Å². The Morgan fingerprint density at radius 3 is 2.76 bits per heavy atom. The number of carbonyl (C=O) groups excluding carboxylic acids is 1. The van der Waals surface area contributed by atoms with Crippen LogP contribution in [0, 0.1) is 16.0 Å². The van der Waals surface area contributed by atoms with Gasteiger partial charge in [0.1, 0.15) is 5.78 Å². The summed E-state index contributed by atoms with van der Waals surface area (Å²) in [5.41, 5.74) is 0.647. The average molecular weight is 233 g/mol. The number of rotatable bonds is 2. The molecule has 2 atom stereocenters. The Morgan fingerprint density at radius 1 is 1.35 bits per heavy atom. The second kappa shape index (κ2) is 4.65. The van der Waals surface area contributed by atoms with Crippen LogP contribution in [0.2, 0.25) is 0 Å². The van der Waals surface area contributed by atoms with Gasteiger partial charge in [0.05, 0.1) is 4.92 Å². The number of hydrogen-bond donors (Lipinski definition) is 0. The van der Waals surface area contributed by atoms with E-state index in [0.717, 1.165) is 12.8 Å². The number of nitrogens with zero attached hydrogens (tertiary/aromatic N) is 1. The van der Waals surface area contributed by atoms with Gasteiger partial charge in [0.15, 0.2) is 0 Å². The van der Waals surface area contributed by atoms with E-state index in [0.29, 0.717) is 17.9 Å². The molecule has 1 aliphatic carbocycles. The molecule has 1 aliphatic rings. The molecule has 0 saturated heterocycles. The lowest BCUT2D eigenvalue weighted by Gasteiger charge is -2.25. The molecule has 1 aromatic rings. The third kappa shape index (κ3) is 2.35. The fourth-order valence-electron chi connectivity index (χ4n) is 2.46. The van der Waals surface area contributed by atoms with Crippen LogP contribution in [0.3, 0.4) is 0 Å². The molecule has 0 amide bonds. The van der Waals surface area contributed by atoms with Crippen LogP contribution in [0.25, 0.3) is 0 Å². The van der Waals surface area contributed by atoms with E-state index in [1.54, 1.807) is 18.2 Å². The van der Waals surface area contributed by atoms with Crippen LogP contribution in [0.15, 0.2) is 24.3 Å². The largest absolute Gasteiger partial charge is 0.299 e. The average Bonchev–Trinajstić information content (AvgIpc) is 2.32. The first-order valence-corrected chi connectivity index (χ1v) is 5.85. The highest BCUT2D eigenvalue weighted by Gasteiger charge is 2.31. The summed E-state index contributed by atoms with van der Waals surface area (Å²) < 4.78 is 0. The summed E-state index contributed by atoms with van der Waals surface area (Å²) in [7, 11) is 0. The van der Waals surface area contributed by atoms with Gasteiger partial charge in [0, 0.05) is 24.0 Å². The van der Waals surface area contributed by atoms with Gasteiger partial charge in [-0.15, -0.1) is 0 Å². The molecule has 0 aliphatic heterocycles. The van der Waals surface area contributed by atoms with Crippen LogP contribution in [0.4, 0.5) is 5.69 Å². The number of nitro groups is 1. The summed E-state index contributed by atoms with van der Waals surface area (Å²) in [4.78, 5) is 22.4. The van der Waals surface area contributed by atoms with E-state index in [1.165, 1.54) is 6.07 Å². The first-order valence-electron chi connectivity index (χ1n) is 5.85. The zero-order valence-electron chi connectivity index (χ0n) is 9.76. The Bertz CT molecular complexity index is 456. The molecule has 0 spiro atoms. The Balaban J connectivity index is 2.38. The van der Waals surface area contributed by atoms with Crippen molar-refractivity contribution in [2.75, 3.05) is 0 Å². The molecule has 2 unspecified atom stereocenters. The molecule has 0 bridgehead atoms. The molecular weight excluding hydrogens is 218 g/mol. The van der Waals surface area contributed by atoms with Crippen LogP contribution in [0.1, 0.15) is 37.7 Å². The number of para-hydroxylation sites is 1. The number of carbonyl (C=O) groups is 1. The molecule has 2 rings (SSSR count). The minimum atomic E-state index is -0.401. The van der Waals surface area contributed by atoms with Gasteiger partial charge >= 0.3 is 0 Å². The molecule has 0 radical (unpaired) electrons. The molecule has 0 heterocycles. The summed E-state index contributed by atoms with van der Waals surface area (Å²) in [6.45, 7) is 2.09. The number of Topliss-reactive ketones (excluding diaryl/α,β-unsaturated/α-hetero) is 1. The Labute approximate surface area is 99.8 Å². The predicted octanol–water partition coefficient (Wildman–Crippen LogP) is 3.07. The van der Waals surface area contributed by atoms with Gasteiger partial charge in [-0.05, 0) is 18.8 Å². The molecule has 1 fully saturated rings. The van der Waals surface area contributed by atoms with E-state index in [4.69, 9.17) is 0 Å². The van der Waals surface area contributed by atoms with Gasteiger partial charge in [-0.25, -0.2) is 0 Å². The molecule has 17 heavy (non-hydrogen) atoms. The second-order valence-electron chi connectivity index (χ2n) is 4.71. The number of hydrogen-bond acceptors (Lipinski definition) is 3. The van der Waals surface area contributed by atoms with Crippen LogP contribution in [-0.2, 0) is 4.79 Å². The van der Waals surface area contributed by atoms with E-state index < -0.39 is 4.92 Å². The molecule has 1 aromatic carbocycles. The van der Waals surface area contributed by atoms with Gasteiger partial charge in [-0.1, -0.05) is 25.1 Å². The van der Waals surface area contributed by atoms with E-state index in [1.807, 2.05) is 0 Å². The third-order valence-electron chi connectivity index (χ3n) is 3.42. The highest BCUT2D eigenvalue weighted by atomic mass is 16.6. The van der Waals surface area contributed by atoms with Crippen molar-refractivity contribution in [3.63, 3.8) is 0 Å². The molecule has 4 nitrogen and oxygen atoms in total. The molecule has 90 valence electrons. The summed E-state index contributed by atoms with van der Waals surface area (Å²) in [6, 6.07) is 6.58. The summed E-state index contributed by atoms with van der Waals surface area (Å²) >= 11 is 0. The van der Waals surface area contributed by atoms with Crippen molar-refractivity contribution in [2.45, 2.75) is 32.1 Å². The van der Waals surface area contributed by atoms with E-state index in [9.17, 15) is 14.9 Å². The monoisotopic (exact) mass is 233 g/mol. The minimum Gasteiger partial charge on any atom is -0.299 e. The van der Waals surface area contributed by atoms with Crippen LogP contribution >= 0.6 is 0 Å².